The predicted molar refractivity (Wildman–Crippen MR) is 85.6 cm³/mol. The van der Waals surface area contributed by atoms with Gasteiger partial charge in [-0.25, -0.2) is 9.97 Å². The minimum absolute atomic E-state index is 0.159. The van der Waals surface area contributed by atoms with Crippen LogP contribution in [0, 0.1) is 0 Å². The molecule has 6 heteroatoms. The molecule has 2 atom stereocenters. The fourth-order valence-corrected chi connectivity index (χ4v) is 2.72. The first-order chi connectivity index (χ1) is 9.67. The summed E-state index contributed by atoms with van der Waals surface area (Å²) in [7, 11) is 0. The van der Waals surface area contributed by atoms with Gasteiger partial charge in [0.25, 0.3) is 0 Å². The number of anilines is 2. The van der Waals surface area contributed by atoms with Crippen molar-refractivity contribution in [3.8, 4) is 0 Å². The Labute approximate surface area is 125 Å². The van der Waals surface area contributed by atoms with Crippen LogP contribution in [0.5, 0.6) is 0 Å². The van der Waals surface area contributed by atoms with Crippen LogP contribution >= 0.6 is 11.8 Å². The Morgan fingerprint density at radius 2 is 2.10 bits per heavy atom. The molecular weight excluding hydrogens is 272 g/mol. The zero-order valence-corrected chi connectivity index (χ0v) is 13.2. The number of aliphatic hydroxyl groups excluding tert-OH is 1. The first-order valence-electron chi connectivity index (χ1n) is 7.21. The Morgan fingerprint density at radius 1 is 1.40 bits per heavy atom. The van der Waals surface area contributed by atoms with Gasteiger partial charge in [-0.3, -0.25) is 0 Å². The molecule has 0 spiro atoms. The predicted octanol–water partition coefficient (Wildman–Crippen LogP) is 2.31. The molecule has 0 amide bonds. The van der Waals surface area contributed by atoms with Gasteiger partial charge >= 0.3 is 0 Å². The fraction of sp³-hybridized carbons (Fsp3) is 0.714. The van der Waals surface area contributed by atoms with Crippen molar-refractivity contribution in [3.05, 3.63) is 11.9 Å². The molecule has 0 bridgehead atoms. The molecule has 20 heavy (non-hydrogen) atoms. The molecule has 1 aliphatic carbocycles. The van der Waals surface area contributed by atoms with Gasteiger partial charge in [-0.2, -0.15) is 11.8 Å². The summed E-state index contributed by atoms with van der Waals surface area (Å²) in [4.78, 5) is 9.18. The lowest BCUT2D eigenvalue weighted by molar-refractivity contribution is 0.288. The van der Waals surface area contributed by atoms with Crippen molar-refractivity contribution in [1.82, 2.24) is 9.97 Å². The first kappa shape index (κ1) is 15.4. The molecule has 0 aromatic carbocycles. The van der Waals surface area contributed by atoms with E-state index in [4.69, 9.17) is 0 Å². The highest BCUT2D eigenvalue weighted by molar-refractivity contribution is 7.99. The third-order valence-electron chi connectivity index (χ3n) is 3.46. The molecule has 3 N–H and O–H groups in total. The highest BCUT2D eigenvalue weighted by atomic mass is 32.2. The number of aromatic nitrogens is 2. The number of nitrogens with zero attached hydrogens (tertiary/aromatic N) is 2. The lowest BCUT2D eigenvalue weighted by atomic mass is 10.2. The zero-order chi connectivity index (χ0) is 14.5. The fourth-order valence-electron chi connectivity index (χ4n) is 2.10. The van der Waals surface area contributed by atoms with Crippen molar-refractivity contribution in [3.63, 3.8) is 0 Å². The molecule has 1 aromatic rings. The molecule has 0 saturated heterocycles. The van der Waals surface area contributed by atoms with Crippen LogP contribution in [-0.2, 0) is 0 Å². The Hall–Kier alpha value is -1.01. The smallest absolute Gasteiger partial charge is 0.136 e. The van der Waals surface area contributed by atoms with Gasteiger partial charge in [-0.1, -0.05) is 0 Å². The van der Waals surface area contributed by atoms with Crippen molar-refractivity contribution in [2.45, 2.75) is 43.9 Å². The lowest BCUT2D eigenvalue weighted by Crippen LogP contribution is -2.31. The van der Waals surface area contributed by atoms with E-state index in [1.165, 1.54) is 12.8 Å². The van der Waals surface area contributed by atoms with Crippen molar-refractivity contribution in [1.29, 1.82) is 0 Å². The molecule has 112 valence electrons. The molecule has 2 unspecified atom stereocenters. The number of hydrogen-bond donors (Lipinski definition) is 3. The van der Waals surface area contributed by atoms with E-state index in [2.05, 4.69) is 34.4 Å². The number of rotatable bonds is 8. The molecule has 1 aliphatic rings. The average molecular weight is 296 g/mol. The third kappa shape index (κ3) is 3.99. The van der Waals surface area contributed by atoms with E-state index < -0.39 is 0 Å². The van der Waals surface area contributed by atoms with E-state index >= 15 is 0 Å². The monoisotopic (exact) mass is 296 g/mol. The largest absolute Gasteiger partial charge is 0.395 e. The van der Waals surface area contributed by atoms with Crippen LogP contribution in [0.2, 0.25) is 0 Å². The van der Waals surface area contributed by atoms with E-state index in [1.807, 2.05) is 12.3 Å². The standard InChI is InChI=1S/C14H24N4OS/c1-4-15-12-7-13(16-9(2)11(8-19)20-3)18-14(17-12)10-5-6-10/h7,9-11,19H,4-6,8H2,1-3H3,(H2,15,16,17,18). The first-order valence-corrected chi connectivity index (χ1v) is 8.49. The van der Waals surface area contributed by atoms with Crippen LogP contribution in [-0.4, -0.2) is 45.8 Å². The van der Waals surface area contributed by atoms with Gasteiger partial charge in [0, 0.05) is 29.8 Å². The number of aliphatic hydroxyl groups is 1. The maximum atomic E-state index is 9.36. The van der Waals surface area contributed by atoms with Gasteiger partial charge in [0.2, 0.25) is 0 Å². The van der Waals surface area contributed by atoms with Gasteiger partial charge in [0.05, 0.1) is 6.61 Å². The minimum atomic E-state index is 0.159. The SMILES string of the molecule is CCNc1cc(NC(C)C(CO)SC)nc(C2CC2)n1. The highest BCUT2D eigenvalue weighted by Crippen LogP contribution is 2.38. The normalized spacial score (nSPS) is 17.6. The van der Waals surface area contributed by atoms with Gasteiger partial charge in [-0.05, 0) is 32.9 Å². The van der Waals surface area contributed by atoms with Crippen molar-refractivity contribution < 1.29 is 5.11 Å². The highest BCUT2D eigenvalue weighted by Gasteiger charge is 2.27. The molecule has 1 aromatic heterocycles. The quantitative estimate of drug-likeness (QED) is 0.684. The molecule has 2 rings (SSSR count). The number of hydrogen-bond acceptors (Lipinski definition) is 6. The van der Waals surface area contributed by atoms with E-state index in [0.717, 1.165) is 24.0 Å². The molecule has 0 aliphatic heterocycles. The van der Waals surface area contributed by atoms with Crippen molar-refractivity contribution in [2.24, 2.45) is 0 Å². The summed E-state index contributed by atoms with van der Waals surface area (Å²) in [6.07, 6.45) is 4.39. The maximum absolute atomic E-state index is 9.36. The summed E-state index contributed by atoms with van der Waals surface area (Å²) in [5.41, 5.74) is 0. The molecule has 1 saturated carbocycles. The van der Waals surface area contributed by atoms with Crippen LogP contribution in [0.15, 0.2) is 6.07 Å². The zero-order valence-electron chi connectivity index (χ0n) is 12.4. The van der Waals surface area contributed by atoms with Gasteiger partial charge in [0.1, 0.15) is 17.5 Å². The van der Waals surface area contributed by atoms with E-state index in [9.17, 15) is 5.11 Å². The Morgan fingerprint density at radius 3 is 2.65 bits per heavy atom. The number of thioether (sulfide) groups is 1. The van der Waals surface area contributed by atoms with Crippen LogP contribution in [0.1, 0.15) is 38.4 Å². The number of nitrogens with one attached hydrogen (secondary N) is 2. The topological polar surface area (TPSA) is 70.1 Å². The Bertz CT molecular complexity index is 435. The van der Waals surface area contributed by atoms with Gasteiger partial charge < -0.3 is 15.7 Å². The van der Waals surface area contributed by atoms with Gasteiger partial charge in [-0.15, -0.1) is 0 Å². The summed E-state index contributed by atoms with van der Waals surface area (Å²) >= 11 is 1.66. The van der Waals surface area contributed by atoms with Gasteiger partial charge in [0.15, 0.2) is 0 Å². The minimum Gasteiger partial charge on any atom is -0.395 e. The lowest BCUT2D eigenvalue weighted by Gasteiger charge is -2.22. The van der Waals surface area contributed by atoms with Crippen LogP contribution < -0.4 is 10.6 Å². The Balaban J connectivity index is 2.12. The molecule has 1 fully saturated rings. The maximum Gasteiger partial charge on any atom is 0.136 e. The second kappa shape index (κ2) is 7.13. The summed E-state index contributed by atoms with van der Waals surface area (Å²) < 4.78 is 0. The molecule has 5 nitrogen and oxygen atoms in total. The summed E-state index contributed by atoms with van der Waals surface area (Å²) in [6, 6.07) is 2.10. The summed E-state index contributed by atoms with van der Waals surface area (Å²) in [5, 5.41) is 16.2. The molecule has 0 radical (unpaired) electrons. The average Bonchev–Trinajstić information content (AvgIpc) is 3.24. The molecule has 1 heterocycles. The molecular formula is C14H24N4OS. The van der Waals surface area contributed by atoms with Crippen LogP contribution in [0.25, 0.3) is 0 Å². The van der Waals surface area contributed by atoms with Crippen LogP contribution in [0.3, 0.4) is 0 Å². The second-order valence-corrected chi connectivity index (χ2v) is 6.27. The van der Waals surface area contributed by atoms with Crippen molar-refractivity contribution >= 4 is 23.4 Å². The van der Waals surface area contributed by atoms with E-state index in [1.54, 1.807) is 11.8 Å². The van der Waals surface area contributed by atoms with E-state index in [-0.39, 0.29) is 17.9 Å². The van der Waals surface area contributed by atoms with E-state index in [0.29, 0.717) is 5.92 Å². The third-order valence-corrected chi connectivity index (χ3v) is 4.62. The second-order valence-electron chi connectivity index (χ2n) is 5.19. The Kier molecular flexibility index (Phi) is 5.48. The van der Waals surface area contributed by atoms with Crippen LogP contribution in [0.4, 0.5) is 11.6 Å². The summed E-state index contributed by atoms with van der Waals surface area (Å²) in [5.74, 6) is 3.18. The summed E-state index contributed by atoms with van der Waals surface area (Å²) in [6.45, 7) is 5.14. The van der Waals surface area contributed by atoms with Crippen molar-refractivity contribution in [2.75, 3.05) is 30.0 Å².